The van der Waals surface area contributed by atoms with Crippen molar-refractivity contribution in [2.24, 2.45) is 0 Å². The van der Waals surface area contributed by atoms with Crippen molar-refractivity contribution in [1.29, 1.82) is 0 Å². The predicted molar refractivity (Wildman–Crippen MR) is 58.4 cm³/mol. The summed E-state index contributed by atoms with van der Waals surface area (Å²) < 4.78 is 0. The molecule has 2 aromatic carbocycles. The van der Waals surface area contributed by atoms with Gasteiger partial charge in [0.05, 0.1) is 0 Å². The second kappa shape index (κ2) is 7.59. The van der Waals surface area contributed by atoms with Crippen LogP contribution in [-0.4, -0.2) is 0 Å². The van der Waals surface area contributed by atoms with Gasteiger partial charge in [-0.2, -0.15) is 6.07 Å². The van der Waals surface area contributed by atoms with Crippen LogP contribution in [0.1, 0.15) is 23.6 Å². The van der Waals surface area contributed by atoms with Gasteiger partial charge in [-0.05, 0) is 6.42 Å². The minimum absolute atomic E-state index is 0. The van der Waals surface area contributed by atoms with E-state index in [1.807, 2.05) is 0 Å². The van der Waals surface area contributed by atoms with E-state index in [0.717, 1.165) is 6.42 Å². The molecule has 85 valence electrons. The predicted octanol–water partition coefficient (Wildman–Crippen LogP) is -2.26. The maximum atomic E-state index is 2.29. The molecule has 0 N–H and O–H groups in total. The van der Waals surface area contributed by atoms with Crippen molar-refractivity contribution in [1.82, 2.24) is 0 Å². The average Bonchev–Trinajstić information content (AvgIpc) is 2.48. The molecule has 0 bridgehead atoms. The summed E-state index contributed by atoms with van der Waals surface area (Å²) >= 11 is 0. The second-order valence-corrected chi connectivity index (χ2v) is 3.76. The molecule has 0 amide bonds. The number of hydrogen-bond donors (Lipinski definition) is 0. The van der Waals surface area contributed by atoms with E-state index in [-0.39, 0.29) is 51.0 Å². The van der Waals surface area contributed by atoms with Crippen LogP contribution in [0, 0.1) is 13.8 Å². The van der Waals surface area contributed by atoms with E-state index in [1.165, 1.54) is 27.5 Å². The van der Waals surface area contributed by atoms with Gasteiger partial charge in [0.15, 0.2) is 0 Å². The Bertz CT molecular complexity index is 446. The summed E-state index contributed by atoms with van der Waals surface area (Å²) in [6, 6.07) is 9.04. The first-order valence-electron chi connectivity index (χ1n) is 4.88. The van der Waals surface area contributed by atoms with Gasteiger partial charge in [-0.1, -0.05) is 32.4 Å². The Labute approximate surface area is 129 Å². The summed E-state index contributed by atoms with van der Waals surface area (Å²) in [5.74, 6) is 0. The summed E-state index contributed by atoms with van der Waals surface area (Å²) in [4.78, 5) is 0. The largest absolute Gasteiger partial charge is 3.00 e. The van der Waals surface area contributed by atoms with Crippen molar-refractivity contribution in [3.05, 3.63) is 41.0 Å². The Kier molecular flexibility index (Phi) is 8.84. The number of aryl methyl sites for hydroxylation is 3. The summed E-state index contributed by atoms with van der Waals surface area (Å²) in [5, 5.41) is 2.87. The Morgan fingerprint density at radius 3 is 2.31 bits per heavy atom. The van der Waals surface area contributed by atoms with Gasteiger partial charge >= 0.3 is 26.2 Å². The average molecular weight is 333 g/mol. The molecule has 0 saturated heterocycles. The van der Waals surface area contributed by atoms with Gasteiger partial charge in [-0.15, -0.1) is 34.0 Å². The molecule has 0 aliphatic rings. The molecule has 3 heteroatoms. The molecule has 0 fully saturated rings. The molecule has 0 atom stereocenters. The van der Waals surface area contributed by atoms with E-state index in [2.05, 4.69) is 45.0 Å². The van der Waals surface area contributed by atoms with E-state index in [0.29, 0.717) is 0 Å². The van der Waals surface area contributed by atoms with Crippen LogP contribution in [0.3, 0.4) is 0 Å². The van der Waals surface area contributed by atoms with Crippen molar-refractivity contribution in [3.63, 3.8) is 0 Å². The van der Waals surface area contributed by atoms with Gasteiger partial charge in [-0.25, -0.2) is 0 Å². The third-order valence-corrected chi connectivity index (χ3v) is 2.72. The van der Waals surface area contributed by atoms with Crippen molar-refractivity contribution in [2.75, 3.05) is 0 Å². The molecule has 0 unspecified atom stereocenters. The number of fused-ring (bicyclic) bond motifs is 1. The first kappa shape index (κ1) is 18.7. The zero-order chi connectivity index (χ0) is 9.42. The van der Waals surface area contributed by atoms with Crippen LogP contribution in [0.4, 0.5) is 0 Å². The van der Waals surface area contributed by atoms with Gasteiger partial charge in [0.25, 0.3) is 0 Å². The minimum atomic E-state index is 0. The second-order valence-electron chi connectivity index (χ2n) is 3.76. The fraction of sp³-hybridized carbons (Fsp3) is 0.308. The first-order chi connectivity index (χ1) is 6.22. The Balaban J connectivity index is 0. The molecular weight excluding hydrogens is 318 g/mol. The van der Waals surface area contributed by atoms with Gasteiger partial charge in [-0.3, -0.25) is 0 Å². The molecule has 0 heterocycles. The minimum Gasteiger partial charge on any atom is -1.00 e. The van der Waals surface area contributed by atoms with Crippen LogP contribution in [0.5, 0.6) is 0 Å². The van der Waals surface area contributed by atoms with Crippen LogP contribution in [0.25, 0.3) is 10.8 Å². The number of halogens is 2. The summed E-state index contributed by atoms with van der Waals surface area (Å²) in [7, 11) is 0. The number of rotatable bonds is 1. The van der Waals surface area contributed by atoms with Crippen molar-refractivity contribution in [2.45, 2.75) is 27.2 Å². The molecule has 2 rings (SSSR count). The SMILES string of the molecule is CCc1ccc(C)c2[cH-]c(C)cc12.[Cl-].[Cl-].[Zr+3]. The molecule has 0 nitrogen and oxygen atoms in total. The number of hydrogen-bond acceptors (Lipinski definition) is 0. The molecule has 0 spiro atoms. The van der Waals surface area contributed by atoms with E-state index >= 15 is 0 Å². The van der Waals surface area contributed by atoms with Crippen LogP contribution in [0.15, 0.2) is 24.3 Å². The standard InChI is InChI=1S/C13H15.2ClH.Zr/c1-4-11-6-5-10(3)12-7-9(2)8-13(11)12;;;/h5-8H,4H2,1-3H3;2*1H;/q-1;;;+3/p-2. The molecule has 16 heavy (non-hydrogen) atoms. The van der Waals surface area contributed by atoms with E-state index in [9.17, 15) is 0 Å². The van der Waals surface area contributed by atoms with Gasteiger partial charge < -0.3 is 24.8 Å². The van der Waals surface area contributed by atoms with Gasteiger partial charge in [0.1, 0.15) is 0 Å². The topological polar surface area (TPSA) is 0 Å². The summed E-state index contributed by atoms with van der Waals surface area (Å²) in [6.45, 7) is 6.56. The summed E-state index contributed by atoms with van der Waals surface area (Å²) in [6.07, 6.45) is 1.13. The molecular formula is C13H15Cl2Zr. The van der Waals surface area contributed by atoms with Crippen LogP contribution < -0.4 is 24.8 Å². The third kappa shape index (κ3) is 3.39. The Hall–Kier alpha value is 0.293. The Morgan fingerprint density at radius 2 is 1.75 bits per heavy atom. The fourth-order valence-corrected chi connectivity index (χ4v) is 1.96. The van der Waals surface area contributed by atoms with E-state index in [1.54, 1.807) is 0 Å². The third-order valence-electron chi connectivity index (χ3n) is 2.72. The molecule has 0 aliphatic heterocycles. The smallest absolute Gasteiger partial charge is 1.00 e. The van der Waals surface area contributed by atoms with E-state index < -0.39 is 0 Å². The fourth-order valence-electron chi connectivity index (χ4n) is 1.96. The maximum Gasteiger partial charge on any atom is 3.00 e. The zero-order valence-corrected chi connectivity index (χ0v) is 13.7. The number of benzene rings is 1. The van der Waals surface area contributed by atoms with Gasteiger partial charge in [0.2, 0.25) is 0 Å². The Morgan fingerprint density at radius 1 is 1.12 bits per heavy atom. The quantitative estimate of drug-likeness (QED) is 0.517. The van der Waals surface area contributed by atoms with E-state index in [4.69, 9.17) is 0 Å². The normalized spacial score (nSPS) is 8.94. The van der Waals surface area contributed by atoms with Gasteiger partial charge in [0, 0.05) is 0 Å². The molecule has 1 radical (unpaired) electrons. The maximum absolute atomic E-state index is 2.29. The monoisotopic (exact) mass is 331 g/mol. The molecule has 0 aromatic heterocycles. The molecule has 0 aliphatic carbocycles. The van der Waals surface area contributed by atoms with Crippen LogP contribution in [-0.2, 0) is 32.6 Å². The molecule has 2 aromatic rings. The van der Waals surface area contributed by atoms with Crippen LogP contribution in [0.2, 0.25) is 0 Å². The van der Waals surface area contributed by atoms with Crippen LogP contribution >= 0.6 is 0 Å². The summed E-state index contributed by atoms with van der Waals surface area (Å²) in [5.41, 5.74) is 4.23. The first-order valence-corrected chi connectivity index (χ1v) is 4.88. The zero-order valence-electron chi connectivity index (χ0n) is 9.77. The molecule has 0 saturated carbocycles. The van der Waals surface area contributed by atoms with Crippen molar-refractivity contribution in [3.8, 4) is 0 Å². The van der Waals surface area contributed by atoms with Crippen molar-refractivity contribution < 1.29 is 51.0 Å². The van der Waals surface area contributed by atoms with Crippen molar-refractivity contribution >= 4 is 10.8 Å².